The van der Waals surface area contributed by atoms with Crippen LogP contribution in [0.25, 0.3) is 10.9 Å². The Morgan fingerprint density at radius 3 is 2.53 bits per heavy atom. The van der Waals surface area contributed by atoms with Crippen LogP contribution < -0.4 is 14.8 Å². The Kier molecular flexibility index (Phi) is 8.86. The number of carbonyl (C=O) groups excluding carboxylic acids is 2. The van der Waals surface area contributed by atoms with E-state index >= 15 is 0 Å². The molecule has 0 aliphatic heterocycles. The number of Topliss-reactive ketones (excluding diaryl/α,β-unsaturated/α-hetero) is 1. The van der Waals surface area contributed by atoms with Gasteiger partial charge in [-0.2, -0.15) is 0 Å². The minimum Gasteiger partial charge on any atom is -0.493 e. The summed E-state index contributed by atoms with van der Waals surface area (Å²) in [7, 11) is 0. The molecule has 4 aromatic carbocycles. The normalized spacial score (nSPS) is 12.4. The summed E-state index contributed by atoms with van der Waals surface area (Å²) in [4.78, 5) is 40.7. The first-order valence-electron chi connectivity index (χ1n) is 15.1. The number of aromatic amines is 1. The number of fused-ring (bicyclic) bond motifs is 3. The van der Waals surface area contributed by atoms with Crippen molar-refractivity contribution in [3.63, 3.8) is 0 Å². The van der Waals surface area contributed by atoms with Crippen molar-refractivity contribution in [2.75, 3.05) is 13.2 Å². The molecule has 1 aromatic heterocycles. The zero-order valence-electron chi connectivity index (χ0n) is 24.7. The number of aromatic nitrogens is 1. The maximum Gasteiger partial charge on any atom is 0.311 e. The molecule has 1 aliphatic rings. The summed E-state index contributed by atoms with van der Waals surface area (Å²) in [6, 6.07) is 26.7. The molecule has 6 rings (SSSR count). The Morgan fingerprint density at radius 1 is 0.889 bits per heavy atom. The number of ketones is 1. The zero-order valence-corrected chi connectivity index (χ0v) is 24.7. The molecule has 2 N–H and O–H groups in total. The molecule has 1 aliphatic carbocycles. The number of nitrogens with zero attached hydrogens (tertiary/aromatic N) is 1. The van der Waals surface area contributed by atoms with Crippen molar-refractivity contribution < 1.29 is 24.0 Å². The van der Waals surface area contributed by atoms with Gasteiger partial charge in [0.05, 0.1) is 18.1 Å². The number of rotatable bonds is 12. The van der Waals surface area contributed by atoms with Crippen LogP contribution in [0.15, 0.2) is 91.0 Å². The summed E-state index contributed by atoms with van der Waals surface area (Å²) in [5.74, 6) is -0.0374. The standard InChI is InChI=1S/C36H33N3O6/c40-34(26-14-17-35(33(20-26)39(42)43)45-23-24-8-2-1-3-9-24)22-37-36(41)28-11-5-4-10-25(28)18-19-44-27-15-16-30-29-12-6-7-13-31(29)38-32(30)21-27/h1-5,8-11,14-17,20-21,38H,6-7,12-13,18-19,22-23H2,(H,37,41). The van der Waals surface area contributed by atoms with Crippen molar-refractivity contribution in [1.29, 1.82) is 0 Å². The highest BCUT2D eigenvalue weighted by molar-refractivity contribution is 6.03. The highest BCUT2D eigenvalue weighted by atomic mass is 16.6. The number of hydrogen-bond donors (Lipinski definition) is 2. The molecule has 1 heterocycles. The van der Waals surface area contributed by atoms with Crippen molar-refractivity contribution in [3.8, 4) is 11.5 Å². The zero-order chi connectivity index (χ0) is 31.2. The average molecular weight is 604 g/mol. The van der Waals surface area contributed by atoms with Gasteiger partial charge in [0.2, 0.25) is 0 Å². The van der Waals surface area contributed by atoms with E-state index < -0.39 is 16.6 Å². The average Bonchev–Trinajstić information content (AvgIpc) is 3.44. The lowest BCUT2D eigenvalue weighted by Gasteiger charge is -2.12. The summed E-state index contributed by atoms with van der Waals surface area (Å²) in [5, 5.41) is 15.6. The Hall–Kier alpha value is -5.44. The number of aryl methyl sites for hydroxylation is 2. The lowest BCUT2D eigenvalue weighted by atomic mass is 9.96. The van der Waals surface area contributed by atoms with Crippen molar-refractivity contribution in [1.82, 2.24) is 10.3 Å². The second-order valence-corrected chi connectivity index (χ2v) is 11.1. The molecule has 0 fully saturated rings. The van der Waals surface area contributed by atoms with Crippen LogP contribution in [-0.4, -0.2) is 34.7 Å². The van der Waals surface area contributed by atoms with Gasteiger partial charge in [0.1, 0.15) is 12.4 Å². The van der Waals surface area contributed by atoms with Crippen LogP contribution in [0.2, 0.25) is 0 Å². The smallest absolute Gasteiger partial charge is 0.311 e. The lowest BCUT2D eigenvalue weighted by molar-refractivity contribution is -0.386. The third-order valence-corrected chi connectivity index (χ3v) is 8.10. The Bertz CT molecular complexity index is 1860. The molecule has 0 spiro atoms. The topological polar surface area (TPSA) is 124 Å². The van der Waals surface area contributed by atoms with E-state index in [1.165, 1.54) is 47.7 Å². The van der Waals surface area contributed by atoms with Gasteiger partial charge in [-0.05, 0) is 72.7 Å². The van der Waals surface area contributed by atoms with Gasteiger partial charge >= 0.3 is 5.69 Å². The molecular weight excluding hydrogens is 570 g/mol. The van der Waals surface area contributed by atoms with E-state index in [4.69, 9.17) is 9.47 Å². The van der Waals surface area contributed by atoms with Crippen molar-refractivity contribution >= 4 is 28.3 Å². The van der Waals surface area contributed by atoms with Gasteiger partial charge in [0, 0.05) is 46.3 Å². The largest absolute Gasteiger partial charge is 0.493 e. The second-order valence-electron chi connectivity index (χ2n) is 11.1. The molecule has 0 saturated heterocycles. The number of benzene rings is 4. The van der Waals surface area contributed by atoms with Crippen LogP contribution in [0.5, 0.6) is 11.5 Å². The van der Waals surface area contributed by atoms with E-state index in [1.807, 2.05) is 54.6 Å². The SMILES string of the molecule is O=C(CNC(=O)c1ccccc1CCOc1ccc2c3c([nH]c2c1)CCCC3)c1ccc(OCc2ccccc2)c([N+](=O)[O-])c1. The predicted molar refractivity (Wildman–Crippen MR) is 171 cm³/mol. The van der Waals surface area contributed by atoms with Crippen LogP contribution in [-0.2, 0) is 25.9 Å². The van der Waals surface area contributed by atoms with E-state index in [0.717, 1.165) is 35.2 Å². The van der Waals surface area contributed by atoms with Crippen molar-refractivity contribution in [2.45, 2.75) is 38.7 Å². The highest BCUT2D eigenvalue weighted by Crippen LogP contribution is 2.31. The minimum absolute atomic E-state index is 0.0625. The molecule has 0 radical (unpaired) electrons. The first kappa shape index (κ1) is 29.6. The second kappa shape index (κ2) is 13.5. The molecule has 5 aromatic rings. The molecule has 1 amide bonds. The third-order valence-electron chi connectivity index (χ3n) is 8.10. The maximum atomic E-state index is 13.1. The van der Waals surface area contributed by atoms with E-state index in [2.05, 4.69) is 16.4 Å². The monoisotopic (exact) mass is 603 g/mol. The Labute approximate surface area is 260 Å². The molecule has 0 saturated carbocycles. The highest BCUT2D eigenvalue weighted by Gasteiger charge is 2.20. The van der Waals surface area contributed by atoms with Crippen LogP contribution in [0.3, 0.4) is 0 Å². The number of nitro benzene ring substituents is 1. The van der Waals surface area contributed by atoms with Crippen LogP contribution in [0, 0.1) is 10.1 Å². The first-order chi connectivity index (χ1) is 22.0. The lowest BCUT2D eigenvalue weighted by Crippen LogP contribution is -2.30. The number of nitrogens with one attached hydrogen (secondary N) is 2. The number of H-pyrrole nitrogens is 1. The predicted octanol–water partition coefficient (Wildman–Crippen LogP) is 6.77. The van der Waals surface area contributed by atoms with E-state index in [1.54, 1.807) is 12.1 Å². The molecular formula is C36H33N3O6. The van der Waals surface area contributed by atoms with Gasteiger partial charge in [0.15, 0.2) is 11.5 Å². The summed E-state index contributed by atoms with van der Waals surface area (Å²) in [6.45, 7) is 0.210. The number of nitro groups is 1. The molecule has 9 nitrogen and oxygen atoms in total. The molecule has 45 heavy (non-hydrogen) atoms. The molecule has 228 valence electrons. The molecule has 0 unspecified atom stereocenters. The van der Waals surface area contributed by atoms with Gasteiger partial charge in [-0.1, -0.05) is 48.5 Å². The van der Waals surface area contributed by atoms with Crippen molar-refractivity contribution in [2.24, 2.45) is 0 Å². The fraction of sp³-hybridized carbons (Fsp3) is 0.222. The molecule has 0 atom stereocenters. The fourth-order valence-electron chi connectivity index (χ4n) is 5.77. The van der Waals surface area contributed by atoms with Crippen LogP contribution >= 0.6 is 0 Å². The van der Waals surface area contributed by atoms with E-state index in [-0.39, 0.29) is 30.2 Å². The van der Waals surface area contributed by atoms with Gasteiger partial charge in [-0.25, -0.2) is 0 Å². The summed E-state index contributed by atoms with van der Waals surface area (Å²) < 4.78 is 11.7. The number of hydrogen-bond acceptors (Lipinski definition) is 6. The quantitative estimate of drug-likeness (QED) is 0.0922. The Morgan fingerprint density at radius 2 is 1.69 bits per heavy atom. The van der Waals surface area contributed by atoms with Gasteiger partial charge in [-0.15, -0.1) is 0 Å². The van der Waals surface area contributed by atoms with E-state index in [0.29, 0.717) is 18.6 Å². The molecule has 0 bridgehead atoms. The maximum absolute atomic E-state index is 13.1. The fourth-order valence-corrected chi connectivity index (χ4v) is 5.77. The number of amides is 1. The molecule has 9 heteroatoms. The van der Waals surface area contributed by atoms with E-state index in [9.17, 15) is 19.7 Å². The van der Waals surface area contributed by atoms with Crippen LogP contribution in [0.4, 0.5) is 5.69 Å². The summed E-state index contributed by atoms with van der Waals surface area (Å²) in [6.07, 6.45) is 5.12. The first-order valence-corrected chi connectivity index (χ1v) is 15.1. The third kappa shape index (κ3) is 6.88. The van der Waals surface area contributed by atoms with Gasteiger partial charge in [0.25, 0.3) is 5.91 Å². The van der Waals surface area contributed by atoms with Gasteiger partial charge in [-0.3, -0.25) is 19.7 Å². The summed E-state index contributed by atoms with van der Waals surface area (Å²) >= 11 is 0. The number of carbonyl (C=O) groups is 2. The number of ether oxygens (including phenoxy) is 2. The summed E-state index contributed by atoms with van der Waals surface area (Å²) in [5.41, 5.74) is 5.71. The van der Waals surface area contributed by atoms with Crippen LogP contribution in [0.1, 0.15) is 55.9 Å². The Balaban J connectivity index is 1.05. The minimum atomic E-state index is -0.586. The van der Waals surface area contributed by atoms with Gasteiger partial charge < -0.3 is 19.8 Å². The van der Waals surface area contributed by atoms with Crippen molar-refractivity contribution in [3.05, 3.63) is 135 Å².